The highest BCUT2D eigenvalue weighted by Gasteiger charge is 2.46. The molecule has 1 fully saturated rings. The van der Waals surface area contributed by atoms with Gasteiger partial charge in [-0.15, -0.1) is 0 Å². The number of carbonyl (C=O) groups is 3. The number of carbonyl (C=O) groups excluding carboxylic acids is 3. The Balaban J connectivity index is 1.72. The predicted octanol–water partition coefficient (Wildman–Crippen LogP) is 5.31. The Labute approximate surface area is 195 Å². The lowest BCUT2D eigenvalue weighted by Gasteiger charge is -2.39. The minimum Gasteiger partial charge on any atom is -0.462 e. The van der Waals surface area contributed by atoms with Gasteiger partial charge in [0, 0.05) is 36.2 Å². The summed E-state index contributed by atoms with van der Waals surface area (Å²) in [6, 6.07) is 7.08. The van der Waals surface area contributed by atoms with Crippen molar-refractivity contribution in [3.05, 3.63) is 41.1 Å². The van der Waals surface area contributed by atoms with Crippen molar-refractivity contribution in [1.29, 1.82) is 0 Å². The molecule has 1 aromatic carbocycles. The molecule has 0 amide bonds. The summed E-state index contributed by atoms with van der Waals surface area (Å²) >= 11 is 0. The zero-order valence-electron chi connectivity index (χ0n) is 20.0. The molecule has 4 rings (SSSR count). The maximum absolute atomic E-state index is 13.5. The van der Waals surface area contributed by atoms with E-state index in [0.717, 1.165) is 36.9 Å². The number of aliphatic imine (C=N–C) groups is 1. The van der Waals surface area contributed by atoms with Gasteiger partial charge in [-0.2, -0.15) is 0 Å². The molecule has 33 heavy (non-hydrogen) atoms. The largest absolute Gasteiger partial charge is 0.462 e. The van der Waals surface area contributed by atoms with Crippen molar-refractivity contribution in [2.24, 2.45) is 16.3 Å². The fourth-order valence-corrected chi connectivity index (χ4v) is 5.44. The molecule has 0 radical (unpaired) electrons. The van der Waals surface area contributed by atoms with Crippen LogP contribution in [0, 0.1) is 11.3 Å². The van der Waals surface area contributed by atoms with Gasteiger partial charge in [0.25, 0.3) is 0 Å². The monoisotopic (exact) mass is 451 g/mol. The number of allylic oxidation sites excluding steroid dienone is 2. The van der Waals surface area contributed by atoms with E-state index in [0.29, 0.717) is 29.9 Å². The maximum atomic E-state index is 13.5. The molecule has 6 heteroatoms. The molecule has 2 aliphatic carbocycles. The van der Waals surface area contributed by atoms with Crippen LogP contribution in [0.1, 0.15) is 84.1 Å². The van der Waals surface area contributed by atoms with E-state index in [9.17, 15) is 14.4 Å². The smallest absolute Gasteiger partial charge is 0.315 e. The molecule has 1 aromatic rings. The molecule has 1 unspecified atom stereocenters. The summed E-state index contributed by atoms with van der Waals surface area (Å²) < 4.78 is 11.1. The van der Waals surface area contributed by atoms with Crippen molar-refractivity contribution in [3.8, 4) is 5.75 Å². The number of hydrogen-bond donors (Lipinski definition) is 0. The Hall–Kier alpha value is -2.76. The highest BCUT2D eigenvalue weighted by molar-refractivity contribution is 6.09. The topological polar surface area (TPSA) is 82.0 Å². The second-order valence-corrected chi connectivity index (χ2v) is 10.4. The van der Waals surface area contributed by atoms with E-state index < -0.39 is 17.8 Å². The van der Waals surface area contributed by atoms with Gasteiger partial charge in [-0.05, 0) is 62.1 Å². The molecule has 1 saturated carbocycles. The van der Waals surface area contributed by atoms with Gasteiger partial charge in [-0.3, -0.25) is 19.4 Å². The summed E-state index contributed by atoms with van der Waals surface area (Å²) in [5, 5.41) is 0. The molecule has 0 spiro atoms. The Bertz CT molecular complexity index is 1010. The SMILES string of the molecule is CC(=O)Oc1ccc([C@H]2C3=C(CC(C)(C)CC3=O)N=C(C)C2C(=O)OC2CCCCC2)cc1. The zero-order valence-corrected chi connectivity index (χ0v) is 20.0. The van der Waals surface area contributed by atoms with Crippen LogP contribution in [0.3, 0.4) is 0 Å². The molecule has 2 atom stereocenters. The van der Waals surface area contributed by atoms with E-state index in [2.05, 4.69) is 13.8 Å². The summed E-state index contributed by atoms with van der Waals surface area (Å²) in [5.41, 5.74) is 2.76. The maximum Gasteiger partial charge on any atom is 0.315 e. The lowest BCUT2D eigenvalue weighted by molar-refractivity contribution is -0.153. The quantitative estimate of drug-likeness (QED) is 0.458. The summed E-state index contributed by atoms with van der Waals surface area (Å²) in [4.78, 5) is 42.9. The van der Waals surface area contributed by atoms with Gasteiger partial charge in [0.2, 0.25) is 0 Å². The van der Waals surface area contributed by atoms with Crippen molar-refractivity contribution in [1.82, 2.24) is 0 Å². The minimum absolute atomic E-state index is 0.0435. The molecule has 0 saturated heterocycles. The van der Waals surface area contributed by atoms with Gasteiger partial charge < -0.3 is 9.47 Å². The Morgan fingerprint density at radius 2 is 1.70 bits per heavy atom. The second kappa shape index (κ2) is 9.24. The van der Waals surface area contributed by atoms with Gasteiger partial charge in [-0.1, -0.05) is 32.4 Å². The molecule has 6 nitrogen and oxygen atoms in total. The molecule has 0 N–H and O–H groups in total. The summed E-state index contributed by atoms with van der Waals surface area (Å²) in [7, 11) is 0. The van der Waals surface area contributed by atoms with E-state index in [4.69, 9.17) is 14.5 Å². The summed E-state index contributed by atoms with van der Waals surface area (Å²) in [5.74, 6) is -1.33. The molecule has 176 valence electrons. The third-order valence-electron chi connectivity index (χ3n) is 6.89. The number of Topliss-reactive ketones (excluding diaryl/α,β-unsaturated/α-hetero) is 1. The van der Waals surface area contributed by atoms with Crippen molar-refractivity contribution in [2.45, 2.75) is 84.7 Å². The average Bonchev–Trinajstić information content (AvgIpc) is 2.72. The Morgan fingerprint density at radius 3 is 2.33 bits per heavy atom. The first-order valence-electron chi connectivity index (χ1n) is 11.9. The number of benzene rings is 1. The zero-order chi connectivity index (χ0) is 23.8. The van der Waals surface area contributed by atoms with E-state index in [1.54, 1.807) is 12.1 Å². The average molecular weight is 452 g/mol. The van der Waals surface area contributed by atoms with Crippen LogP contribution in [0.15, 0.2) is 40.5 Å². The van der Waals surface area contributed by atoms with Crippen molar-refractivity contribution in [2.75, 3.05) is 0 Å². The van der Waals surface area contributed by atoms with Gasteiger partial charge in [0.15, 0.2) is 5.78 Å². The fraction of sp³-hybridized carbons (Fsp3) is 0.556. The molecule has 3 aliphatic rings. The van der Waals surface area contributed by atoms with Gasteiger partial charge >= 0.3 is 11.9 Å². The lowest BCUT2D eigenvalue weighted by atomic mass is 9.67. The van der Waals surface area contributed by atoms with Crippen LogP contribution in [-0.2, 0) is 19.1 Å². The Morgan fingerprint density at radius 1 is 1.03 bits per heavy atom. The van der Waals surface area contributed by atoms with Gasteiger partial charge in [-0.25, -0.2) is 0 Å². The number of nitrogens with zero attached hydrogens (tertiary/aromatic N) is 1. The van der Waals surface area contributed by atoms with Gasteiger partial charge in [0.1, 0.15) is 17.8 Å². The first-order chi connectivity index (χ1) is 15.6. The molecular weight excluding hydrogens is 418 g/mol. The fourth-order valence-electron chi connectivity index (χ4n) is 5.44. The molecule has 0 bridgehead atoms. The standard InChI is InChI=1S/C27H33NO5/c1-16-23(26(31)33-19-8-6-5-7-9-19)24(18-10-12-20(13-11-18)32-17(2)29)25-21(28-16)14-27(3,4)15-22(25)30/h10-13,19,23-24H,5-9,14-15H2,1-4H3/t23?,24-/m1/s1. The molecule has 1 aliphatic heterocycles. The highest BCUT2D eigenvalue weighted by atomic mass is 16.5. The Kier molecular flexibility index (Phi) is 6.55. The predicted molar refractivity (Wildman–Crippen MR) is 125 cm³/mol. The third kappa shape index (κ3) is 5.10. The molecular formula is C27H33NO5. The summed E-state index contributed by atoms with van der Waals surface area (Å²) in [6.07, 6.45) is 6.14. The third-order valence-corrected chi connectivity index (χ3v) is 6.89. The van der Waals surface area contributed by atoms with Crippen molar-refractivity contribution >= 4 is 23.4 Å². The minimum atomic E-state index is -0.643. The van der Waals surface area contributed by atoms with Gasteiger partial charge in [0.05, 0.1) is 0 Å². The van der Waals surface area contributed by atoms with E-state index in [1.165, 1.54) is 13.3 Å². The van der Waals surface area contributed by atoms with Crippen LogP contribution in [0.25, 0.3) is 0 Å². The normalized spacial score (nSPS) is 25.2. The lowest BCUT2D eigenvalue weighted by Crippen LogP contribution is -2.40. The van der Waals surface area contributed by atoms with Crippen LogP contribution in [0.4, 0.5) is 0 Å². The van der Waals surface area contributed by atoms with E-state index >= 15 is 0 Å². The molecule has 1 heterocycles. The van der Waals surface area contributed by atoms with Crippen LogP contribution < -0.4 is 4.74 Å². The first-order valence-corrected chi connectivity index (χ1v) is 11.9. The van der Waals surface area contributed by atoms with Crippen LogP contribution >= 0.6 is 0 Å². The summed E-state index contributed by atoms with van der Waals surface area (Å²) in [6.45, 7) is 7.37. The van der Waals surface area contributed by atoms with Crippen molar-refractivity contribution in [3.63, 3.8) is 0 Å². The number of ketones is 1. The highest BCUT2D eigenvalue weighted by Crippen LogP contribution is 2.48. The number of hydrogen-bond acceptors (Lipinski definition) is 6. The van der Waals surface area contributed by atoms with Crippen LogP contribution in [-0.4, -0.2) is 29.5 Å². The number of rotatable bonds is 4. The van der Waals surface area contributed by atoms with Crippen molar-refractivity contribution < 1.29 is 23.9 Å². The van der Waals surface area contributed by atoms with E-state index in [-0.39, 0.29) is 23.3 Å². The first kappa shape index (κ1) is 23.4. The van der Waals surface area contributed by atoms with Crippen LogP contribution in [0.5, 0.6) is 5.75 Å². The second-order valence-electron chi connectivity index (χ2n) is 10.4. The van der Waals surface area contributed by atoms with Crippen LogP contribution in [0.2, 0.25) is 0 Å². The number of esters is 2. The molecule has 0 aromatic heterocycles. The van der Waals surface area contributed by atoms with E-state index in [1.807, 2.05) is 19.1 Å². The number of ether oxygens (including phenoxy) is 2.